The standard InChI is InChI=1S/C9H15NO2/c1-2-8(12)10-9(7-11)5-3-4-6-9/h2,11H,1,3-7H2,(H,10,12). The van der Waals surface area contributed by atoms with Crippen molar-refractivity contribution in [1.82, 2.24) is 5.32 Å². The first kappa shape index (κ1) is 9.26. The molecule has 68 valence electrons. The van der Waals surface area contributed by atoms with E-state index in [1.165, 1.54) is 6.08 Å². The molecule has 3 heteroatoms. The molecule has 1 fully saturated rings. The van der Waals surface area contributed by atoms with Crippen LogP contribution in [0.15, 0.2) is 12.7 Å². The lowest BCUT2D eigenvalue weighted by Crippen LogP contribution is -2.48. The van der Waals surface area contributed by atoms with Gasteiger partial charge in [0.15, 0.2) is 0 Å². The van der Waals surface area contributed by atoms with Gasteiger partial charge in [0.2, 0.25) is 5.91 Å². The zero-order valence-electron chi connectivity index (χ0n) is 7.18. The van der Waals surface area contributed by atoms with E-state index in [1.54, 1.807) is 0 Å². The normalized spacial score (nSPS) is 20.4. The van der Waals surface area contributed by atoms with Crippen molar-refractivity contribution in [2.45, 2.75) is 31.2 Å². The van der Waals surface area contributed by atoms with Gasteiger partial charge in [-0.1, -0.05) is 19.4 Å². The van der Waals surface area contributed by atoms with Crippen LogP contribution in [0.4, 0.5) is 0 Å². The zero-order valence-corrected chi connectivity index (χ0v) is 7.18. The number of hydrogen-bond acceptors (Lipinski definition) is 2. The van der Waals surface area contributed by atoms with Crippen molar-refractivity contribution >= 4 is 5.91 Å². The Labute approximate surface area is 72.5 Å². The molecule has 1 aliphatic carbocycles. The highest BCUT2D eigenvalue weighted by molar-refractivity contribution is 5.87. The number of amides is 1. The summed E-state index contributed by atoms with van der Waals surface area (Å²) in [7, 11) is 0. The molecule has 1 rings (SSSR count). The van der Waals surface area contributed by atoms with Gasteiger partial charge >= 0.3 is 0 Å². The summed E-state index contributed by atoms with van der Waals surface area (Å²) >= 11 is 0. The minimum Gasteiger partial charge on any atom is -0.394 e. The van der Waals surface area contributed by atoms with E-state index in [9.17, 15) is 4.79 Å². The summed E-state index contributed by atoms with van der Waals surface area (Å²) in [5.41, 5.74) is -0.356. The van der Waals surface area contributed by atoms with E-state index >= 15 is 0 Å². The number of carbonyl (C=O) groups is 1. The lowest BCUT2D eigenvalue weighted by molar-refractivity contribution is -0.118. The lowest BCUT2D eigenvalue weighted by atomic mass is 9.99. The van der Waals surface area contributed by atoms with E-state index in [1.807, 2.05) is 0 Å². The van der Waals surface area contributed by atoms with Crippen LogP contribution in [-0.4, -0.2) is 23.2 Å². The van der Waals surface area contributed by atoms with Crippen molar-refractivity contribution in [1.29, 1.82) is 0 Å². The van der Waals surface area contributed by atoms with E-state index in [0.717, 1.165) is 25.7 Å². The van der Waals surface area contributed by atoms with Crippen LogP contribution in [0.3, 0.4) is 0 Å². The Hall–Kier alpha value is -0.830. The van der Waals surface area contributed by atoms with Crippen molar-refractivity contribution in [2.75, 3.05) is 6.61 Å². The van der Waals surface area contributed by atoms with Crippen LogP contribution in [0, 0.1) is 0 Å². The highest BCUT2D eigenvalue weighted by Crippen LogP contribution is 2.28. The molecule has 1 aliphatic rings. The Balaban J connectivity index is 2.54. The third-order valence-electron chi connectivity index (χ3n) is 2.44. The Bertz CT molecular complexity index is 183. The number of aliphatic hydroxyl groups is 1. The van der Waals surface area contributed by atoms with Crippen LogP contribution in [-0.2, 0) is 4.79 Å². The topological polar surface area (TPSA) is 49.3 Å². The number of carbonyl (C=O) groups excluding carboxylic acids is 1. The molecular formula is C9H15NO2. The summed E-state index contributed by atoms with van der Waals surface area (Å²) in [6, 6.07) is 0. The summed E-state index contributed by atoms with van der Waals surface area (Å²) in [6.07, 6.45) is 5.16. The largest absolute Gasteiger partial charge is 0.394 e. The maximum absolute atomic E-state index is 11.0. The third-order valence-corrected chi connectivity index (χ3v) is 2.44. The molecule has 1 amide bonds. The predicted molar refractivity (Wildman–Crippen MR) is 46.6 cm³/mol. The van der Waals surface area contributed by atoms with Gasteiger partial charge in [0.05, 0.1) is 12.1 Å². The van der Waals surface area contributed by atoms with Crippen molar-refractivity contribution in [3.8, 4) is 0 Å². The smallest absolute Gasteiger partial charge is 0.243 e. The number of rotatable bonds is 3. The van der Waals surface area contributed by atoms with Crippen LogP contribution in [0.5, 0.6) is 0 Å². The molecule has 0 aromatic rings. The second-order valence-corrected chi connectivity index (χ2v) is 3.34. The molecule has 0 spiro atoms. The maximum Gasteiger partial charge on any atom is 0.243 e. The van der Waals surface area contributed by atoms with Gasteiger partial charge in [-0.05, 0) is 18.9 Å². The number of hydrogen-bond donors (Lipinski definition) is 2. The van der Waals surface area contributed by atoms with Crippen LogP contribution in [0.1, 0.15) is 25.7 Å². The minimum absolute atomic E-state index is 0.0343. The van der Waals surface area contributed by atoms with Gasteiger partial charge in [-0.3, -0.25) is 4.79 Å². The summed E-state index contributed by atoms with van der Waals surface area (Å²) < 4.78 is 0. The Kier molecular flexibility index (Phi) is 2.87. The Morgan fingerprint density at radius 3 is 2.58 bits per heavy atom. The molecule has 0 aromatic carbocycles. The van der Waals surface area contributed by atoms with Crippen molar-refractivity contribution < 1.29 is 9.90 Å². The van der Waals surface area contributed by atoms with E-state index in [4.69, 9.17) is 5.11 Å². The second-order valence-electron chi connectivity index (χ2n) is 3.34. The molecular weight excluding hydrogens is 154 g/mol. The van der Waals surface area contributed by atoms with E-state index in [2.05, 4.69) is 11.9 Å². The summed E-state index contributed by atoms with van der Waals surface area (Å²) in [5, 5.41) is 11.9. The van der Waals surface area contributed by atoms with Gasteiger partial charge < -0.3 is 10.4 Å². The van der Waals surface area contributed by atoms with E-state index < -0.39 is 0 Å². The second kappa shape index (κ2) is 3.72. The maximum atomic E-state index is 11.0. The monoisotopic (exact) mass is 169 g/mol. The molecule has 0 radical (unpaired) electrons. The minimum atomic E-state index is -0.356. The Morgan fingerprint density at radius 1 is 1.58 bits per heavy atom. The molecule has 3 nitrogen and oxygen atoms in total. The summed E-state index contributed by atoms with van der Waals surface area (Å²) in [5.74, 6) is -0.189. The Morgan fingerprint density at radius 2 is 2.17 bits per heavy atom. The number of nitrogens with one attached hydrogen (secondary N) is 1. The lowest BCUT2D eigenvalue weighted by Gasteiger charge is -2.27. The fourth-order valence-corrected chi connectivity index (χ4v) is 1.69. The third kappa shape index (κ3) is 1.85. The molecule has 2 N–H and O–H groups in total. The van der Waals surface area contributed by atoms with Crippen molar-refractivity contribution in [3.05, 3.63) is 12.7 Å². The van der Waals surface area contributed by atoms with Gasteiger partial charge in [0, 0.05) is 0 Å². The fraction of sp³-hybridized carbons (Fsp3) is 0.667. The molecule has 0 saturated heterocycles. The van der Waals surface area contributed by atoms with Crippen LogP contribution in [0.2, 0.25) is 0 Å². The van der Waals surface area contributed by atoms with Gasteiger partial charge in [0.25, 0.3) is 0 Å². The van der Waals surface area contributed by atoms with Gasteiger partial charge in [-0.2, -0.15) is 0 Å². The van der Waals surface area contributed by atoms with Gasteiger partial charge in [-0.15, -0.1) is 0 Å². The van der Waals surface area contributed by atoms with Crippen LogP contribution < -0.4 is 5.32 Å². The quantitative estimate of drug-likeness (QED) is 0.608. The van der Waals surface area contributed by atoms with Crippen LogP contribution in [0.25, 0.3) is 0 Å². The van der Waals surface area contributed by atoms with Crippen molar-refractivity contribution in [2.24, 2.45) is 0 Å². The fourth-order valence-electron chi connectivity index (χ4n) is 1.69. The van der Waals surface area contributed by atoms with Crippen molar-refractivity contribution in [3.63, 3.8) is 0 Å². The molecule has 0 unspecified atom stereocenters. The molecule has 0 aromatic heterocycles. The molecule has 0 bridgehead atoms. The molecule has 0 atom stereocenters. The van der Waals surface area contributed by atoms with Gasteiger partial charge in [0.1, 0.15) is 0 Å². The highest BCUT2D eigenvalue weighted by atomic mass is 16.3. The van der Waals surface area contributed by atoms with Crippen LogP contribution >= 0.6 is 0 Å². The SMILES string of the molecule is C=CC(=O)NC1(CO)CCCC1. The summed E-state index contributed by atoms with van der Waals surface area (Å²) in [4.78, 5) is 11.0. The van der Waals surface area contributed by atoms with E-state index in [-0.39, 0.29) is 18.1 Å². The predicted octanol–water partition coefficient (Wildman–Crippen LogP) is 0.594. The van der Waals surface area contributed by atoms with E-state index in [0.29, 0.717) is 0 Å². The first-order valence-electron chi connectivity index (χ1n) is 4.28. The highest BCUT2D eigenvalue weighted by Gasteiger charge is 2.33. The average Bonchev–Trinajstić information content (AvgIpc) is 2.54. The zero-order chi connectivity index (χ0) is 9.03. The summed E-state index contributed by atoms with van der Waals surface area (Å²) in [6.45, 7) is 3.41. The molecule has 0 heterocycles. The molecule has 12 heavy (non-hydrogen) atoms. The van der Waals surface area contributed by atoms with Gasteiger partial charge in [-0.25, -0.2) is 0 Å². The number of aliphatic hydroxyl groups excluding tert-OH is 1. The molecule has 1 saturated carbocycles. The first-order chi connectivity index (χ1) is 5.72. The first-order valence-corrected chi connectivity index (χ1v) is 4.28. The molecule has 0 aliphatic heterocycles. The average molecular weight is 169 g/mol.